The molecule has 0 unspecified atom stereocenters. The van der Waals surface area contributed by atoms with E-state index in [9.17, 15) is 4.79 Å². The van der Waals surface area contributed by atoms with Crippen molar-refractivity contribution in [1.82, 2.24) is 5.32 Å². The van der Waals surface area contributed by atoms with Crippen LogP contribution in [0.3, 0.4) is 0 Å². The number of hydrogen-bond acceptors (Lipinski definition) is 2. The molecule has 0 saturated carbocycles. The number of amides is 1. The normalized spacial score (nSPS) is 11.4. The molecule has 0 saturated heterocycles. The maximum atomic E-state index is 11.8. The third-order valence-electron chi connectivity index (χ3n) is 3.58. The highest BCUT2D eigenvalue weighted by Crippen LogP contribution is 2.13. The lowest BCUT2D eigenvalue weighted by Crippen LogP contribution is -2.49. The first-order valence-corrected chi connectivity index (χ1v) is 7.58. The van der Waals surface area contributed by atoms with E-state index in [2.05, 4.69) is 35.1 Å². The van der Waals surface area contributed by atoms with E-state index in [4.69, 9.17) is 5.73 Å². The quantitative estimate of drug-likeness (QED) is 0.809. The summed E-state index contributed by atoms with van der Waals surface area (Å²) in [7, 11) is 0. The van der Waals surface area contributed by atoms with Crippen LogP contribution in [-0.2, 0) is 11.2 Å². The molecule has 0 bridgehead atoms. The van der Waals surface area contributed by atoms with Gasteiger partial charge in [0.2, 0.25) is 5.91 Å². The first-order valence-electron chi connectivity index (χ1n) is 6.79. The van der Waals surface area contributed by atoms with Crippen LogP contribution in [0.1, 0.15) is 38.7 Å². The van der Waals surface area contributed by atoms with Gasteiger partial charge in [0.05, 0.1) is 0 Å². The van der Waals surface area contributed by atoms with Crippen molar-refractivity contribution in [3.8, 4) is 0 Å². The van der Waals surface area contributed by atoms with E-state index in [1.807, 2.05) is 24.3 Å². The van der Waals surface area contributed by atoms with Crippen LogP contribution in [0, 0.1) is 0 Å². The number of halogens is 1. The molecule has 0 aliphatic heterocycles. The molecule has 0 fully saturated rings. The lowest BCUT2D eigenvalue weighted by molar-refractivity contribution is -0.121. The molecular formula is C15H23BrN2O. The van der Waals surface area contributed by atoms with Crippen LogP contribution >= 0.6 is 15.9 Å². The number of nitrogens with one attached hydrogen (secondary N) is 1. The van der Waals surface area contributed by atoms with Gasteiger partial charge in [0.1, 0.15) is 0 Å². The maximum Gasteiger partial charge on any atom is 0.220 e. The molecule has 106 valence electrons. The van der Waals surface area contributed by atoms with Gasteiger partial charge in [-0.25, -0.2) is 0 Å². The molecule has 4 heteroatoms. The number of carbonyl (C=O) groups excluding carboxylic acids is 1. The first-order chi connectivity index (χ1) is 8.99. The molecule has 3 nitrogen and oxygen atoms in total. The molecule has 0 aliphatic carbocycles. The summed E-state index contributed by atoms with van der Waals surface area (Å²) in [6.07, 6.45) is 2.99. The van der Waals surface area contributed by atoms with Crippen LogP contribution in [0.4, 0.5) is 0 Å². The van der Waals surface area contributed by atoms with Crippen LogP contribution in [0.5, 0.6) is 0 Å². The SMILES string of the molecule is CCC(N)(CC)CNC(=O)CCc1cccc(Br)c1. The maximum absolute atomic E-state index is 11.8. The highest BCUT2D eigenvalue weighted by Gasteiger charge is 2.20. The Morgan fingerprint density at radius 1 is 1.37 bits per heavy atom. The van der Waals surface area contributed by atoms with Crippen molar-refractivity contribution in [2.24, 2.45) is 5.73 Å². The Morgan fingerprint density at radius 3 is 2.63 bits per heavy atom. The summed E-state index contributed by atoms with van der Waals surface area (Å²) in [5.74, 6) is 0.0664. The van der Waals surface area contributed by atoms with E-state index in [1.54, 1.807) is 0 Å². The molecule has 0 aliphatic rings. The zero-order valence-corrected chi connectivity index (χ0v) is 13.3. The Balaban J connectivity index is 2.36. The second-order valence-electron chi connectivity index (χ2n) is 4.98. The summed E-state index contributed by atoms with van der Waals surface area (Å²) in [4.78, 5) is 11.8. The fourth-order valence-corrected chi connectivity index (χ4v) is 2.26. The van der Waals surface area contributed by atoms with Gasteiger partial charge >= 0.3 is 0 Å². The predicted molar refractivity (Wildman–Crippen MR) is 83.0 cm³/mol. The van der Waals surface area contributed by atoms with Gasteiger partial charge in [-0.3, -0.25) is 4.79 Å². The standard InChI is InChI=1S/C15H23BrN2O/c1-3-15(17,4-2)11-18-14(19)9-8-12-6-5-7-13(16)10-12/h5-7,10H,3-4,8-9,11,17H2,1-2H3,(H,18,19). The van der Waals surface area contributed by atoms with Gasteiger partial charge in [-0.2, -0.15) is 0 Å². The Labute approximate surface area is 124 Å². The average molecular weight is 327 g/mol. The summed E-state index contributed by atoms with van der Waals surface area (Å²) in [5.41, 5.74) is 7.04. The minimum atomic E-state index is -0.272. The van der Waals surface area contributed by atoms with Gasteiger partial charge in [-0.15, -0.1) is 0 Å². The van der Waals surface area contributed by atoms with Crippen molar-refractivity contribution in [1.29, 1.82) is 0 Å². The topological polar surface area (TPSA) is 55.1 Å². The minimum absolute atomic E-state index is 0.0664. The van der Waals surface area contributed by atoms with E-state index >= 15 is 0 Å². The zero-order valence-electron chi connectivity index (χ0n) is 11.7. The van der Waals surface area contributed by atoms with Crippen molar-refractivity contribution in [3.05, 3.63) is 34.3 Å². The fraction of sp³-hybridized carbons (Fsp3) is 0.533. The monoisotopic (exact) mass is 326 g/mol. The summed E-state index contributed by atoms with van der Waals surface area (Å²) in [5, 5.41) is 2.93. The Morgan fingerprint density at radius 2 is 2.05 bits per heavy atom. The average Bonchev–Trinajstić information content (AvgIpc) is 2.42. The van der Waals surface area contributed by atoms with Crippen LogP contribution in [0.2, 0.25) is 0 Å². The second-order valence-corrected chi connectivity index (χ2v) is 5.89. The molecule has 0 aromatic heterocycles. The van der Waals surface area contributed by atoms with E-state index in [0.717, 1.165) is 29.3 Å². The molecule has 1 amide bonds. The van der Waals surface area contributed by atoms with Gasteiger partial charge in [0.25, 0.3) is 0 Å². The van der Waals surface area contributed by atoms with Crippen LogP contribution in [0.15, 0.2) is 28.7 Å². The number of hydrogen-bond donors (Lipinski definition) is 2. The third-order valence-corrected chi connectivity index (χ3v) is 4.07. The number of aryl methyl sites for hydroxylation is 1. The predicted octanol–water partition coefficient (Wildman–Crippen LogP) is 3.02. The summed E-state index contributed by atoms with van der Waals surface area (Å²) < 4.78 is 1.04. The lowest BCUT2D eigenvalue weighted by Gasteiger charge is -2.26. The Hall–Kier alpha value is -0.870. The number of benzene rings is 1. The summed E-state index contributed by atoms with van der Waals surface area (Å²) >= 11 is 3.43. The van der Waals surface area contributed by atoms with Crippen molar-refractivity contribution in [3.63, 3.8) is 0 Å². The van der Waals surface area contributed by atoms with Crippen LogP contribution < -0.4 is 11.1 Å². The van der Waals surface area contributed by atoms with Crippen molar-refractivity contribution < 1.29 is 4.79 Å². The van der Waals surface area contributed by atoms with Gasteiger partial charge in [0.15, 0.2) is 0 Å². The van der Waals surface area contributed by atoms with E-state index in [0.29, 0.717) is 13.0 Å². The molecule has 19 heavy (non-hydrogen) atoms. The number of rotatable bonds is 7. The zero-order chi connectivity index (χ0) is 14.3. The van der Waals surface area contributed by atoms with Gasteiger partial charge in [-0.1, -0.05) is 41.9 Å². The smallest absolute Gasteiger partial charge is 0.220 e. The molecule has 0 spiro atoms. The van der Waals surface area contributed by atoms with E-state index in [-0.39, 0.29) is 11.4 Å². The number of nitrogens with two attached hydrogens (primary N) is 1. The molecule has 0 radical (unpaired) electrons. The van der Waals surface area contributed by atoms with Crippen LogP contribution in [-0.4, -0.2) is 18.0 Å². The van der Waals surface area contributed by atoms with Crippen molar-refractivity contribution in [2.45, 2.75) is 45.1 Å². The second kappa shape index (κ2) is 7.65. The molecule has 1 rings (SSSR count). The van der Waals surface area contributed by atoms with Gasteiger partial charge in [0, 0.05) is 23.0 Å². The number of carbonyl (C=O) groups is 1. The largest absolute Gasteiger partial charge is 0.354 e. The molecular weight excluding hydrogens is 304 g/mol. The molecule has 0 atom stereocenters. The van der Waals surface area contributed by atoms with Crippen molar-refractivity contribution in [2.75, 3.05) is 6.54 Å². The Bertz CT molecular complexity index is 416. The molecule has 0 heterocycles. The molecule has 3 N–H and O–H groups in total. The van der Waals surface area contributed by atoms with Crippen LogP contribution in [0.25, 0.3) is 0 Å². The van der Waals surface area contributed by atoms with Gasteiger partial charge < -0.3 is 11.1 Å². The minimum Gasteiger partial charge on any atom is -0.354 e. The summed E-state index contributed by atoms with van der Waals surface area (Å²) in [6.45, 7) is 4.66. The highest BCUT2D eigenvalue weighted by molar-refractivity contribution is 9.10. The Kier molecular flexibility index (Phi) is 6.52. The van der Waals surface area contributed by atoms with E-state index in [1.165, 1.54) is 0 Å². The highest BCUT2D eigenvalue weighted by atomic mass is 79.9. The molecule has 1 aromatic rings. The van der Waals surface area contributed by atoms with E-state index < -0.39 is 0 Å². The third kappa shape index (κ3) is 5.74. The molecule has 1 aromatic carbocycles. The fourth-order valence-electron chi connectivity index (χ4n) is 1.81. The lowest BCUT2D eigenvalue weighted by atomic mass is 9.94. The van der Waals surface area contributed by atoms with Gasteiger partial charge in [-0.05, 0) is 37.0 Å². The van der Waals surface area contributed by atoms with Crippen molar-refractivity contribution >= 4 is 21.8 Å². The first kappa shape index (κ1) is 16.2. The summed E-state index contributed by atoms with van der Waals surface area (Å²) in [6, 6.07) is 8.03.